The summed E-state index contributed by atoms with van der Waals surface area (Å²) in [6.45, 7) is 0. The zero-order chi connectivity index (χ0) is 14.3. The zero-order valence-corrected chi connectivity index (χ0v) is 11.5. The first-order valence-electron chi connectivity index (χ1n) is 7.04. The SMILES string of the molecule is Nc1cccc(-c2nc(C3(c4ccccc4)CC3)no2)c1. The minimum Gasteiger partial charge on any atom is -0.399 e. The largest absolute Gasteiger partial charge is 0.399 e. The Kier molecular flexibility index (Phi) is 2.57. The van der Waals surface area contributed by atoms with Gasteiger partial charge in [-0.15, -0.1) is 0 Å². The Labute approximate surface area is 122 Å². The summed E-state index contributed by atoms with van der Waals surface area (Å²) in [5, 5.41) is 4.21. The summed E-state index contributed by atoms with van der Waals surface area (Å²) < 4.78 is 5.44. The Balaban J connectivity index is 1.72. The van der Waals surface area contributed by atoms with Gasteiger partial charge in [0.15, 0.2) is 5.82 Å². The molecule has 0 unspecified atom stereocenters. The molecule has 4 heteroatoms. The highest BCUT2D eigenvalue weighted by molar-refractivity contribution is 5.59. The Morgan fingerprint density at radius 1 is 1.00 bits per heavy atom. The van der Waals surface area contributed by atoms with Crippen LogP contribution in [-0.4, -0.2) is 10.1 Å². The van der Waals surface area contributed by atoms with Gasteiger partial charge in [-0.25, -0.2) is 0 Å². The van der Waals surface area contributed by atoms with Crippen LogP contribution in [0.15, 0.2) is 59.1 Å². The van der Waals surface area contributed by atoms with Crippen LogP contribution in [0.25, 0.3) is 11.5 Å². The van der Waals surface area contributed by atoms with Crippen molar-refractivity contribution in [2.24, 2.45) is 0 Å². The molecule has 4 nitrogen and oxygen atoms in total. The molecule has 2 aromatic carbocycles. The number of nitrogen functional groups attached to an aromatic ring is 1. The van der Waals surface area contributed by atoms with Crippen molar-refractivity contribution in [2.75, 3.05) is 5.73 Å². The highest BCUT2D eigenvalue weighted by atomic mass is 16.5. The summed E-state index contributed by atoms with van der Waals surface area (Å²) in [7, 11) is 0. The molecule has 0 saturated heterocycles. The molecule has 1 fully saturated rings. The van der Waals surface area contributed by atoms with Gasteiger partial charge < -0.3 is 10.3 Å². The predicted octanol–water partition coefficient (Wildman–Crippen LogP) is 3.40. The van der Waals surface area contributed by atoms with Crippen LogP contribution >= 0.6 is 0 Å². The third-order valence-corrected chi connectivity index (χ3v) is 4.06. The standard InChI is InChI=1S/C17H15N3O/c18-14-8-4-5-12(11-14)15-19-16(20-21-15)17(9-10-17)13-6-2-1-3-7-13/h1-8,11H,9-10,18H2. The average molecular weight is 277 g/mol. The van der Waals surface area contributed by atoms with Crippen molar-refractivity contribution >= 4 is 5.69 Å². The van der Waals surface area contributed by atoms with Crippen LogP contribution in [0, 0.1) is 0 Å². The highest BCUT2D eigenvalue weighted by Crippen LogP contribution is 2.52. The topological polar surface area (TPSA) is 64.9 Å². The maximum atomic E-state index is 5.80. The van der Waals surface area contributed by atoms with Gasteiger partial charge in [-0.05, 0) is 36.6 Å². The van der Waals surface area contributed by atoms with Gasteiger partial charge in [0.05, 0.1) is 5.41 Å². The summed E-state index contributed by atoms with van der Waals surface area (Å²) in [6.07, 6.45) is 2.12. The molecule has 4 rings (SSSR count). The maximum Gasteiger partial charge on any atom is 0.258 e. The number of rotatable bonds is 3. The van der Waals surface area contributed by atoms with E-state index >= 15 is 0 Å². The number of nitrogens with two attached hydrogens (primary N) is 1. The Bertz CT molecular complexity index is 775. The molecule has 0 aliphatic heterocycles. The summed E-state index contributed by atoms with van der Waals surface area (Å²) >= 11 is 0. The van der Waals surface area contributed by atoms with E-state index in [2.05, 4.69) is 22.3 Å². The second-order valence-corrected chi connectivity index (χ2v) is 5.50. The minimum atomic E-state index is -0.0661. The second-order valence-electron chi connectivity index (χ2n) is 5.50. The molecule has 0 spiro atoms. The molecule has 1 saturated carbocycles. The van der Waals surface area contributed by atoms with Crippen molar-refractivity contribution in [3.05, 3.63) is 66.0 Å². The second kappa shape index (κ2) is 4.45. The molecule has 1 aliphatic rings. The number of aromatic nitrogens is 2. The lowest BCUT2D eigenvalue weighted by Crippen LogP contribution is -2.10. The lowest BCUT2D eigenvalue weighted by molar-refractivity contribution is 0.418. The summed E-state index contributed by atoms with van der Waals surface area (Å²) in [5.74, 6) is 1.30. The van der Waals surface area contributed by atoms with Gasteiger partial charge >= 0.3 is 0 Å². The summed E-state index contributed by atoms with van der Waals surface area (Å²) in [5.41, 5.74) is 8.54. The molecule has 0 atom stereocenters. The number of nitrogens with zero attached hydrogens (tertiary/aromatic N) is 2. The zero-order valence-electron chi connectivity index (χ0n) is 11.5. The van der Waals surface area contributed by atoms with Crippen molar-refractivity contribution in [1.29, 1.82) is 0 Å². The van der Waals surface area contributed by atoms with Crippen LogP contribution in [0.1, 0.15) is 24.2 Å². The molecule has 0 bridgehead atoms. The van der Waals surface area contributed by atoms with E-state index in [0.717, 1.165) is 24.2 Å². The van der Waals surface area contributed by atoms with Gasteiger partial charge in [0.1, 0.15) is 0 Å². The first-order chi connectivity index (χ1) is 10.3. The molecule has 104 valence electrons. The molecular formula is C17H15N3O. The number of benzene rings is 2. The Morgan fingerprint density at radius 2 is 1.81 bits per heavy atom. The quantitative estimate of drug-likeness (QED) is 0.745. The fraction of sp³-hybridized carbons (Fsp3) is 0.176. The summed E-state index contributed by atoms with van der Waals surface area (Å²) in [6, 6.07) is 17.9. The van der Waals surface area contributed by atoms with E-state index < -0.39 is 0 Å². The molecule has 2 N–H and O–H groups in total. The van der Waals surface area contributed by atoms with Gasteiger partial charge in [-0.1, -0.05) is 41.6 Å². The lowest BCUT2D eigenvalue weighted by Gasteiger charge is -2.09. The molecule has 0 radical (unpaired) electrons. The maximum absolute atomic E-state index is 5.80. The van der Waals surface area contributed by atoms with Crippen molar-refractivity contribution in [1.82, 2.24) is 10.1 Å². The van der Waals surface area contributed by atoms with Crippen LogP contribution in [0.2, 0.25) is 0 Å². The van der Waals surface area contributed by atoms with Gasteiger partial charge in [-0.2, -0.15) is 4.98 Å². The van der Waals surface area contributed by atoms with Crippen LogP contribution in [0.5, 0.6) is 0 Å². The van der Waals surface area contributed by atoms with Gasteiger partial charge in [-0.3, -0.25) is 0 Å². The Morgan fingerprint density at radius 3 is 2.52 bits per heavy atom. The van der Waals surface area contributed by atoms with E-state index in [1.54, 1.807) is 0 Å². The minimum absolute atomic E-state index is 0.0661. The van der Waals surface area contributed by atoms with Crippen LogP contribution < -0.4 is 5.73 Å². The average Bonchev–Trinajstić information content (AvgIpc) is 3.18. The number of anilines is 1. The third-order valence-electron chi connectivity index (χ3n) is 4.06. The highest BCUT2D eigenvalue weighted by Gasteiger charge is 2.49. The first-order valence-corrected chi connectivity index (χ1v) is 7.04. The van der Waals surface area contributed by atoms with Gasteiger partial charge in [0.2, 0.25) is 0 Å². The molecule has 21 heavy (non-hydrogen) atoms. The van der Waals surface area contributed by atoms with Crippen molar-refractivity contribution in [2.45, 2.75) is 18.3 Å². The number of hydrogen-bond donors (Lipinski definition) is 1. The third kappa shape index (κ3) is 2.00. The van der Waals surface area contributed by atoms with E-state index in [9.17, 15) is 0 Å². The van der Waals surface area contributed by atoms with Crippen LogP contribution in [-0.2, 0) is 5.41 Å². The molecule has 1 heterocycles. The normalized spacial score (nSPS) is 15.8. The molecule has 3 aromatic rings. The van der Waals surface area contributed by atoms with E-state index in [4.69, 9.17) is 10.3 Å². The first kappa shape index (κ1) is 12.1. The fourth-order valence-corrected chi connectivity index (χ4v) is 2.73. The lowest BCUT2D eigenvalue weighted by atomic mass is 9.95. The Hall–Kier alpha value is -2.62. The smallest absolute Gasteiger partial charge is 0.258 e. The van der Waals surface area contributed by atoms with E-state index in [-0.39, 0.29) is 5.41 Å². The predicted molar refractivity (Wildman–Crippen MR) is 80.6 cm³/mol. The number of hydrogen-bond acceptors (Lipinski definition) is 4. The monoisotopic (exact) mass is 277 g/mol. The van der Waals surface area contributed by atoms with Gasteiger partial charge in [0, 0.05) is 11.3 Å². The summed E-state index contributed by atoms with van der Waals surface area (Å²) in [4.78, 5) is 4.60. The van der Waals surface area contributed by atoms with Crippen LogP contribution in [0.4, 0.5) is 5.69 Å². The van der Waals surface area contributed by atoms with E-state index in [1.807, 2.05) is 42.5 Å². The van der Waals surface area contributed by atoms with Gasteiger partial charge in [0.25, 0.3) is 5.89 Å². The molecular weight excluding hydrogens is 262 g/mol. The van der Waals surface area contributed by atoms with E-state index in [1.165, 1.54) is 5.56 Å². The van der Waals surface area contributed by atoms with Crippen molar-refractivity contribution in [3.8, 4) is 11.5 Å². The van der Waals surface area contributed by atoms with E-state index in [0.29, 0.717) is 11.6 Å². The van der Waals surface area contributed by atoms with Crippen molar-refractivity contribution < 1.29 is 4.52 Å². The molecule has 1 aliphatic carbocycles. The molecule has 0 amide bonds. The molecule has 1 aromatic heterocycles. The van der Waals surface area contributed by atoms with Crippen molar-refractivity contribution in [3.63, 3.8) is 0 Å². The fourth-order valence-electron chi connectivity index (χ4n) is 2.73. The van der Waals surface area contributed by atoms with Crippen LogP contribution in [0.3, 0.4) is 0 Å².